The van der Waals surface area contributed by atoms with Crippen molar-refractivity contribution in [3.63, 3.8) is 0 Å². The Labute approximate surface area is 327 Å². The molecule has 2 amide bonds. The van der Waals surface area contributed by atoms with Gasteiger partial charge in [0.2, 0.25) is 0 Å². The van der Waals surface area contributed by atoms with Crippen molar-refractivity contribution < 1.29 is 23.1 Å². The highest BCUT2D eigenvalue weighted by molar-refractivity contribution is 5.95. The molecule has 7 rings (SSSR count). The van der Waals surface area contributed by atoms with Crippen LogP contribution in [0.1, 0.15) is 83.9 Å². The van der Waals surface area contributed by atoms with E-state index in [4.69, 9.17) is 10.5 Å². The fourth-order valence-electron chi connectivity index (χ4n) is 8.34. The maximum Gasteiger partial charge on any atom is 0.404 e. The van der Waals surface area contributed by atoms with Crippen LogP contribution < -0.4 is 5.73 Å². The van der Waals surface area contributed by atoms with Crippen LogP contribution in [0.15, 0.2) is 134 Å². The van der Waals surface area contributed by atoms with Gasteiger partial charge in [-0.25, -0.2) is 13.6 Å². The van der Waals surface area contributed by atoms with Gasteiger partial charge in [-0.05, 0) is 83.0 Å². The van der Waals surface area contributed by atoms with E-state index in [9.17, 15) is 9.18 Å². The molecular weight excluding hydrogens is 705 g/mol. The van der Waals surface area contributed by atoms with E-state index in [2.05, 4.69) is 49.6 Å². The van der Waals surface area contributed by atoms with Crippen LogP contribution >= 0.6 is 0 Å². The van der Waals surface area contributed by atoms with Gasteiger partial charge in [0.15, 0.2) is 0 Å². The standard InChI is InChI=1S/C48H47F2N3O3/c1-31-18-20-33(21-19-31)46(54)53(36(24-25-56-47(51)55)28-42-39-16-10-8-14-37(39)38-15-9-11-17-40(38)42)45(48(2,3)4)44-26-34(41-27-35(49)22-23-43(41)50)30-52(44)29-32-12-6-5-7-13-32/h5-23,26-27,30,36,42,45H,24-25,28-29H2,1-4H3,(H2,51,55)/t36?,45-/m0/s1. The molecule has 0 radical (unpaired) electrons. The zero-order chi connectivity index (χ0) is 39.6. The Kier molecular flexibility index (Phi) is 10.9. The summed E-state index contributed by atoms with van der Waals surface area (Å²) >= 11 is 0. The Balaban J connectivity index is 1.44. The molecule has 0 aliphatic heterocycles. The lowest BCUT2D eigenvalue weighted by Crippen LogP contribution is -2.49. The van der Waals surface area contributed by atoms with Crippen LogP contribution in [0, 0.1) is 24.0 Å². The Morgan fingerprint density at radius 3 is 2.05 bits per heavy atom. The molecule has 2 atom stereocenters. The van der Waals surface area contributed by atoms with Gasteiger partial charge in [0, 0.05) is 53.5 Å². The minimum Gasteiger partial charge on any atom is -0.450 e. The number of carbonyl (C=O) groups excluding carboxylic acids is 2. The van der Waals surface area contributed by atoms with Gasteiger partial charge in [0.05, 0.1) is 12.6 Å². The number of ether oxygens (including phenoxy) is 1. The summed E-state index contributed by atoms with van der Waals surface area (Å²) in [6.07, 6.45) is 1.79. The van der Waals surface area contributed by atoms with Crippen LogP contribution in [-0.4, -0.2) is 34.1 Å². The second-order valence-electron chi connectivity index (χ2n) is 15.8. The Morgan fingerprint density at radius 1 is 0.804 bits per heavy atom. The van der Waals surface area contributed by atoms with Gasteiger partial charge < -0.3 is 19.9 Å². The fraction of sp³-hybridized carbons (Fsp3) is 0.250. The van der Waals surface area contributed by atoms with Crippen LogP contribution in [0.3, 0.4) is 0 Å². The molecule has 8 heteroatoms. The molecule has 0 saturated heterocycles. The van der Waals surface area contributed by atoms with Gasteiger partial charge in [-0.15, -0.1) is 0 Å². The molecule has 0 saturated carbocycles. The highest BCUT2D eigenvalue weighted by Gasteiger charge is 2.43. The molecular formula is C48H47F2N3O3. The summed E-state index contributed by atoms with van der Waals surface area (Å²) in [6.45, 7) is 8.67. The second kappa shape index (κ2) is 16.0. The minimum atomic E-state index is -0.886. The Hall–Kier alpha value is -6.02. The summed E-state index contributed by atoms with van der Waals surface area (Å²) in [7, 11) is 0. The highest BCUT2D eigenvalue weighted by Crippen LogP contribution is 2.49. The molecule has 1 aromatic heterocycles. The summed E-state index contributed by atoms with van der Waals surface area (Å²) in [5.41, 5.74) is 13.5. The van der Waals surface area contributed by atoms with Gasteiger partial charge in [-0.3, -0.25) is 4.79 Å². The molecule has 1 unspecified atom stereocenters. The van der Waals surface area contributed by atoms with Crippen LogP contribution in [0.5, 0.6) is 0 Å². The van der Waals surface area contributed by atoms with E-state index in [-0.39, 0.29) is 24.0 Å². The molecule has 0 fully saturated rings. The normalized spacial score (nSPS) is 13.5. The first-order valence-corrected chi connectivity index (χ1v) is 19.1. The van der Waals surface area contributed by atoms with E-state index >= 15 is 9.18 Å². The first-order valence-electron chi connectivity index (χ1n) is 19.1. The van der Waals surface area contributed by atoms with Crippen molar-refractivity contribution in [1.82, 2.24) is 9.47 Å². The number of carbonyl (C=O) groups is 2. The minimum absolute atomic E-state index is 0.00463. The monoisotopic (exact) mass is 751 g/mol. The van der Waals surface area contributed by atoms with E-state index in [0.29, 0.717) is 30.5 Å². The Morgan fingerprint density at radius 2 is 1.43 bits per heavy atom. The summed E-state index contributed by atoms with van der Waals surface area (Å²) in [5.74, 6) is -1.36. The Bertz CT molecular complexity index is 2300. The molecule has 2 N–H and O–H groups in total. The van der Waals surface area contributed by atoms with Gasteiger partial charge in [-0.2, -0.15) is 0 Å². The van der Waals surface area contributed by atoms with E-state index in [1.807, 2.05) is 103 Å². The van der Waals surface area contributed by atoms with Crippen molar-refractivity contribution in [1.29, 1.82) is 0 Å². The number of fused-ring (bicyclic) bond motifs is 3. The van der Waals surface area contributed by atoms with E-state index in [1.54, 1.807) is 0 Å². The maximum atomic E-state index is 15.5. The van der Waals surface area contributed by atoms with Crippen LogP contribution in [-0.2, 0) is 11.3 Å². The zero-order valence-electron chi connectivity index (χ0n) is 32.2. The van der Waals surface area contributed by atoms with E-state index in [0.717, 1.165) is 40.1 Å². The van der Waals surface area contributed by atoms with Crippen LogP contribution in [0.25, 0.3) is 22.3 Å². The quantitative estimate of drug-likeness (QED) is 0.135. The molecule has 286 valence electrons. The number of hydrogen-bond acceptors (Lipinski definition) is 3. The third kappa shape index (κ3) is 8.01. The summed E-state index contributed by atoms with van der Waals surface area (Å²) in [5, 5.41) is 0. The lowest BCUT2D eigenvalue weighted by Gasteiger charge is -2.46. The molecule has 56 heavy (non-hydrogen) atoms. The topological polar surface area (TPSA) is 77.6 Å². The summed E-state index contributed by atoms with van der Waals surface area (Å²) < 4.78 is 37.7. The van der Waals surface area contributed by atoms with Crippen molar-refractivity contribution in [3.05, 3.63) is 179 Å². The van der Waals surface area contributed by atoms with Crippen molar-refractivity contribution >= 4 is 12.0 Å². The zero-order valence-corrected chi connectivity index (χ0v) is 32.2. The number of hydrogen-bond donors (Lipinski definition) is 1. The summed E-state index contributed by atoms with van der Waals surface area (Å²) in [6, 6.07) is 38.5. The highest BCUT2D eigenvalue weighted by atomic mass is 19.1. The lowest BCUT2D eigenvalue weighted by molar-refractivity contribution is 0.0251. The average molecular weight is 752 g/mol. The fourth-order valence-corrected chi connectivity index (χ4v) is 8.34. The number of halogens is 2. The molecule has 0 bridgehead atoms. The van der Waals surface area contributed by atoms with Crippen molar-refractivity contribution in [2.24, 2.45) is 11.1 Å². The average Bonchev–Trinajstić information content (AvgIpc) is 3.72. The molecule has 0 spiro atoms. The maximum absolute atomic E-state index is 15.5. The SMILES string of the molecule is Cc1ccc(C(=O)N(C(CCOC(N)=O)CC2c3ccccc3-c3ccccc32)[C@@H](c2cc(-c3cc(F)ccc3F)cn2Cc2ccccc2)C(C)(C)C)cc1. The smallest absolute Gasteiger partial charge is 0.404 e. The van der Waals surface area contributed by atoms with Crippen molar-refractivity contribution in [2.75, 3.05) is 6.61 Å². The first kappa shape index (κ1) is 38.3. The van der Waals surface area contributed by atoms with Gasteiger partial charge in [-0.1, -0.05) is 117 Å². The molecule has 1 heterocycles. The number of benzene rings is 5. The lowest BCUT2D eigenvalue weighted by atomic mass is 9.80. The molecule has 5 aromatic carbocycles. The molecule has 1 aliphatic carbocycles. The molecule has 6 nitrogen and oxygen atoms in total. The van der Waals surface area contributed by atoms with E-state index in [1.165, 1.54) is 17.2 Å². The van der Waals surface area contributed by atoms with Crippen LogP contribution in [0.2, 0.25) is 0 Å². The first-order chi connectivity index (χ1) is 26.9. The van der Waals surface area contributed by atoms with Gasteiger partial charge in [0.25, 0.3) is 5.91 Å². The number of amides is 2. The van der Waals surface area contributed by atoms with Crippen LogP contribution in [0.4, 0.5) is 13.6 Å². The predicted octanol–water partition coefficient (Wildman–Crippen LogP) is 11.1. The number of aromatic nitrogens is 1. The number of aryl methyl sites for hydroxylation is 1. The second-order valence-corrected chi connectivity index (χ2v) is 15.8. The third-order valence-electron chi connectivity index (χ3n) is 10.8. The van der Waals surface area contributed by atoms with Gasteiger partial charge in [0.1, 0.15) is 11.6 Å². The number of nitrogens with two attached hydrogens (primary N) is 1. The van der Waals surface area contributed by atoms with Crippen molar-refractivity contribution in [3.8, 4) is 22.3 Å². The largest absolute Gasteiger partial charge is 0.450 e. The number of primary amides is 1. The number of rotatable bonds is 12. The summed E-state index contributed by atoms with van der Waals surface area (Å²) in [4.78, 5) is 29.4. The molecule has 1 aliphatic rings. The van der Waals surface area contributed by atoms with Gasteiger partial charge >= 0.3 is 6.09 Å². The third-order valence-corrected chi connectivity index (χ3v) is 10.8. The number of nitrogens with zero attached hydrogens (tertiary/aromatic N) is 2. The predicted molar refractivity (Wildman–Crippen MR) is 217 cm³/mol. The van der Waals surface area contributed by atoms with E-state index < -0.39 is 35.2 Å². The molecule has 6 aromatic rings. The van der Waals surface area contributed by atoms with Crippen molar-refractivity contribution in [2.45, 2.75) is 65.1 Å².